The largest absolute Gasteiger partial charge is 0.366 e. The van der Waals surface area contributed by atoms with Crippen LogP contribution >= 0.6 is 11.8 Å². The van der Waals surface area contributed by atoms with Crippen LogP contribution in [0.3, 0.4) is 0 Å². The SMILES string of the molecule is CCN1C(=NCc2cccnc2)SCC1(O)c1ccccc1. The van der Waals surface area contributed by atoms with Gasteiger partial charge in [0.25, 0.3) is 0 Å². The average Bonchev–Trinajstić information content (AvgIpc) is 2.92. The lowest BCUT2D eigenvalue weighted by Gasteiger charge is -2.33. The second-order valence-corrected chi connectivity index (χ2v) is 6.12. The van der Waals surface area contributed by atoms with Crippen LogP contribution < -0.4 is 0 Å². The Bertz CT molecular complexity index is 647. The molecule has 114 valence electrons. The molecule has 1 fully saturated rings. The molecule has 1 N–H and O–H groups in total. The van der Waals surface area contributed by atoms with E-state index in [0.717, 1.165) is 16.3 Å². The first-order chi connectivity index (χ1) is 10.7. The van der Waals surface area contributed by atoms with Crippen molar-refractivity contribution in [2.75, 3.05) is 12.3 Å². The molecule has 22 heavy (non-hydrogen) atoms. The minimum atomic E-state index is -0.978. The van der Waals surface area contributed by atoms with Crippen LogP contribution in [0.5, 0.6) is 0 Å². The predicted octanol–water partition coefficient (Wildman–Crippen LogP) is 2.85. The Morgan fingerprint density at radius 3 is 2.77 bits per heavy atom. The molecule has 3 rings (SSSR count). The zero-order valence-electron chi connectivity index (χ0n) is 12.5. The Balaban J connectivity index is 1.83. The highest BCUT2D eigenvalue weighted by Crippen LogP contribution is 2.38. The molecule has 2 aromatic rings. The number of aromatic nitrogens is 1. The van der Waals surface area contributed by atoms with Crippen LogP contribution in [0.25, 0.3) is 0 Å². The summed E-state index contributed by atoms with van der Waals surface area (Å²) in [4.78, 5) is 10.8. The first-order valence-electron chi connectivity index (χ1n) is 7.35. The monoisotopic (exact) mass is 313 g/mol. The Morgan fingerprint density at radius 2 is 2.09 bits per heavy atom. The molecule has 0 aliphatic carbocycles. The summed E-state index contributed by atoms with van der Waals surface area (Å²) in [7, 11) is 0. The van der Waals surface area contributed by atoms with E-state index in [0.29, 0.717) is 18.8 Å². The topological polar surface area (TPSA) is 48.7 Å². The Hall–Kier alpha value is -1.85. The van der Waals surface area contributed by atoms with Gasteiger partial charge in [0.05, 0.1) is 12.3 Å². The zero-order chi connectivity index (χ0) is 15.4. The number of hydrogen-bond donors (Lipinski definition) is 1. The van der Waals surface area contributed by atoms with Crippen molar-refractivity contribution in [2.45, 2.75) is 19.2 Å². The number of aliphatic hydroxyl groups is 1. The van der Waals surface area contributed by atoms with E-state index in [4.69, 9.17) is 0 Å². The van der Waals surface area contributed by atoms with Crippen molar-refractivity contribution < 1.29 is 5.11 Å². The van der Waals surface area contributed by atoms with Crippen molar-refractivity contribution in [3.05, 3.63) is 66.0 Å². The normalized spacial score (nSPS) is 23.2. The molecule has 1 aliphatic rings. The van der Waals surface area contributed by atoms with Crippen LogP contribution in [0.15, 0.2) is 59.9 Å². The third-order valence-electron chi connectivity index (χ3n) is 3.75. The maximum Gasteiger partial charge on any atom is 0.175 e. The highest BCUT2D eigenvalue weighted by molar-refractivity contribution is 8.14. The minimum Gasteiger partial charge on any atom is -0.366 e. The van der Waals surface area contributed by atoms with Crippen LogP contribution in [0.4, 0.5) is 0 Å². The second kappa shape index (κ2) is 6.50. The van der Waals surface area contributed by atoms with Crippen molar-refractivity contribution in [1.29, 1.82) is 0 Å². The van der Waals surface area contributed by atoms with Gasteiger partial charge >= 0.3 is 0 Å². The van der Waals surface area contributed by atoms with E-state index >= 15 is 0 Å². The summed E-state index contributed by atoms with van der Waals surface area (Å²) in [6.07, 6.45) is 3.58. The van der Waals surface area contributed by atoms with Crippen LogP contribution in [0, 0.1) is 0 Å². The molecule has 1 atom stereocenters. The van der Waals surface area contributed by atoms with Gasteiger partial charge in [-0.3, -0.25) is 9.98 Å². The van der Waals surface area contributed by atoms with Gasteiger partial charge in [0.15, 0.2) is 10.9 Å². The van der Waals surface area contributed by atoms with Gasteiger partial charge in [0.2, 0.25) is 0 Å². The van der Waals surface area contributed by atoms with Gasteiger partial charge in [-0.2, -0.15) is 0 Å². The predicted molar refractivity (Wildman–Crippen MR) is 90.6 cm³/mol. The van der Waals surface area contributed by atoms with Crippen LogP contribution in [0.2, 0.25) is 0 Å². The molecule has 1 aliphatic heterocycles. The third kappa shape index (κ3) is 2.87. The molecule has 1 aromatic carbocycles. The van der Waals surface area contributed by atoms with Gasteiger partial charge in [0.1, 0.15) is 0 Å². The fourth-order valence-corrected chi connectivity index (χ4v) is 3.85. The molecule has 0 spiro atoms. The Kier molecular flexibility index (Phi) is 4.45. The molecule has 2 heterocycles. The van der Waals surface area contributed by atoms with E-state index in [9.17, 15) is 5.11 Å². The Morgan fingerprint density at radius 1 is 1.27 bits per heavy atom. The standard InChI is InChI=1S/C17H19N3OS/c1-2-20-16(19-12-14-7-6-10-18-11-14)22-13-17(20,21)15-8-4-3-5-9-15/h3-11,21H,2,12-13H2,1H3. The molecule has 0 radical (unpaired) electrons. The fraction of sp³-hybridized carbons (Fsp3) is 0.294. The number of hydrogen-bond acceptors (Lipinski definition) is 4. The van der Waals surface area contributed by atoms with Gasteiger partial charge in [-0.05, 0) is 18.6 Å². The molecule has 0 saturated carbocycles. The van der Waals surface area contributed by atoms with E-state index in [1.807, 2.05) is 60.5 Å². The quantitative estimate of drug-likeness (QED) is 0.943. The molecule has 5 heteroatoms. The number of amidine groups is 1. The summed E-state index contributed by atoms with van der Waals surface area (Å²) in [6.45, 7) is 3.33. The van der Waals surface area contributed by atoms with Gasteiger partial charge in [-0.15, -0.1) is 0 Å². The highest BCUT2D eigenvalue weighted by Gasteiger charge is 2.43. The number of benzene rings is 1. The van der Waals surface area contributed by atoms with Gasteiger partial charge in [0, 0.05) is 24.5 Å². The van der Waals surface area contributed by atoms with Gasteiger partial charge in [-0.25, -0.2) is 0 Å². The maximum atomic E-state index is 11.1. The molecule has 0 bridgehead atoms. The summed E-state index contributed by atoms with van der Waals surface area (Å²) in [5.74, 6) is 0.594. The van der Waals surface area contributed by atoms with Crippen molar-refractivity contribution in [1.82, 2.24) is 9.88 Å². The van der Waals surface area contributed by atoms with Crippen molar-refractivity contribution in [3.8, 4) is 0 Å². The lowest BCUT2D eigenvalue weighted by atomic mass is 10.0. The molecule has 4 nitrogen and oxygen atoms in total. The molecular formula is C17H19N3OS. The first-order valence-corrected chi connectivity index (χ1v) is 8.34. The maximum absolute atomic E-state index is 11.1. The van der Waals surface area contributed by atoms with Crippen molar-refractivity contribution >= 4 is 16.9 Å². The van der Waals surface area contributed by atoms with E-state index in [1.165, 1.54) is 0 Å². The summed E-state index contributed by atoms with van der Waals surface area (Å²) >= 11 is 1.60. The van der Waals surface area contributed by atoms with E-state index in [-0.39, 0.29) is 0 Å². The lowest BCUT2D eigenvalue weighted by Crippen LogP contribution is -2.44. The Labute approximate surface area is 134 Å². The smallest absolute Gasteiger partial charge is 0.175 e. The van der Waals surface area contributed by atoms with Crippen LogP contribution in [-0.4, -0.2) is 32.5 Å². The molecule has 1 unspecified atom stereocenters. The van der Waals surface area contributed by atoms with E-state index in [1.54, 1.807) is 18.0 Å². The third-order valence-corrected chi connectivity index (χ3v) is 4.91. The second-order valence-electron chi connectivity index (χ2n) is 5.18. The summed E-state index contributed by atoms with van der Waals surface area (Å²) in [6, 6.07) is 13.7. The first kappa shape index (κ1) is 15.1. The highest BCUT2D eigenvalue weighted by atomic mass is 32.2. The van der Waals surface area contributed by atoms with Crippen LogP contribution in [-0.2, 0) is 12.3 Å². The van der Waals surface area contributed by atoms with Crippen molar-refractivity contribution in [3.63, 3.8) is 0 Å². The fourth-order valence-electron chi connectivity index (χ4n) is 2.60. The number of rotatable bonds is 4. The number of pyridine rings is 1. The zero-order valence-corrected chi connectivity index (χ0v) is 13.3. The van der Waals surface area contributed by atoms with Crippen LogP contribution in [0.1, 0.15) is 18.1 Å². The van der Waals surface area contributed by atoms with Gasteiger partial charge < -0.3 is 10.0 Å². The van der Waals surface area contributed by atoms with E-state index < -0.39 is 5.72 Å². The molecule has 1 aromatic heterocycles. The lowest BCUT2D eigenvalue weighted by molar-refractivity contribution is -0.0453. The summed E-state index contributed by atoms with van der Waals surface area (Å²) < 4.78 is 0. The molecular weight excluding hydrogens is 294 g/mol. The molecule has 0 amide bonds. The minimum absolute atomic E-state index is 0.581. The average molecular weight is 313 g/mol. The number of thioether (sulfide) groups is 1. The van der Waals surface area contributed by atoms with Crippen molar-refractivity contribution in [2.24, 2.45) is 4.99 Å². The van der Waals surface area contributed by atoms with Gasteiger partial charge in [-0.1, -0.05) is 48.2 Å². The summed E-state index contributed by atoms with van der Waals surface area (Å²) in [5, 5.41) is 12.0. The summed E-state index contributed by atoms with van der Waals surface area (Å²) in [5.41, 5.74) is 1.01. The number of aliphatic imine (C=N–C) groups is 1. The van der Waals surface area contributed by atoms with E-state index in [2.05, 4.69) is 9.98 Å². The molecule has 1 saturated heterocycles. The number of nitrogens with zero attached hydrogens (tertiary/aromatic N) is 3.